The molecule has 1 unspecified atom stereocenters. The highest BCUT2D eigenvalue weighted by molar-refractivity contribution is 4.79. The second-order valence-corrected chi connectivity index (χ2v) is 4.04. The van der Waals surface area contributed by atoms with E-state index in [9.17, 15) is 13.9 Å². The van der Waals surface area contributed by atoms with Crippen molar-refractivity contribution in [3.63, 3.8) is 0 Å². The molecule has 1 N–H and O–H groups in total. The number of hydrogen-bond donors (Lipinski definition) is 1. The van der Waals surface area contributed by atoms with Crippen molar-refractivity contribution in [1.29, 1.82) is 0 Å². The van der Waals surface area contributed by atoms with E-state index in [1.807, 2.05) is 13.8 Å². The monoisotopic (exact) mass is 223 g/mol. The fraction of sp³-hybridized carbons (Fsp3) is 1.00. The molecular weight excluding hydrogens is 200 g/mol. The first-order valence-electron chi connectivity index (χ1n) is 5.72. The van der Waals surface area contributed by atoms with Crippen LogP contribution in [0.25, 0.3) is 0 Å². The molecule has 1 aliphatic heterocycles. The lowest BCUT2D eigenvalue weighted by atomic mass is 9.98. The molecule has 0 aromatic rings. The van der Waals surface area contributed by atoms with Crippen LogP contribution in [0.4, 0.5) is 8.78 Å². The Bertz CT molecular complexity index is 163. The minimum Gasteiger partial charge on any atom is -0.390 e. The van der Waals surface area contributed by atoms with Gasteiger partial charge < -0.3 is 5.11 Å². The third-order valence-electron chi connectivity index (χ3n) is 2.55. The number of halogens is 2. The van der Waals surface area contributed by atoms with Crippen LogP contribution >= 0.6 is 0 Å². The lowest BCUT2D eigenvalue weighted by Crippen LogP contribution is -2.31. The van der Waals surface area contributed by atoms with Crippen LogP contribution in [0.5, 0.6) is 0 Å². The molecule has 0 aromatic heterocycles. The van der Waals surface area contributed by atoms with Gasteiger partial charge in [-0.2, -0.15) is 0 Å². The summed E-state index contributed by atoms with van der Waals surface area (Å²) in [6, 6.07) is 0. The molecule has 0 radical (unpaired) electrons. The molecule has 15 heavy (non-hydrogen) atoms. The maximum absolute atomic E-state index is 12.0. The van der Waals surface area contributed by atoms with Gasteiger partial charge in [0, 0.05) is 6.54 Å². The van der Waals surface area contributed by atoms with Crippen molar-refractivity contribution in [2.45, 2.75) is 52.1 Å². The van der Waals surface area contributed by atoms with Crippen molar-refractivity contribution >= 4 is 0 Å². The van der Waals surface area contributed by atoms with Gasteiger partial charge in [0.2, 0.25) is 0 Å². The van der Waals surface area contributed by atoms with Crippen molar-refractivity contribution in [2.75, 3.05) is 19.6 Å². The molecule has 0 saturated carbocycles. The molecule has 1 fully saturated rings. The van der Waals surface area contributed by atoms with Gasteiger partial charge in [-0.3, -0.25) is 4.90 Å². The first-order valence-corrected chi connectivity index (χ1v) is 5.72. The molecule has 1 heterocycles. The van der Waals surface area contributed by atoms with E-state index in [1.165, 1.54) is 0 Å². The zero-order valence-corrected chi connectivity index (χ0v) is 9.97. The first-order chi connectivity index (χ1) is 6.99. The number of likely N-dealkylation sites (tertiary alicyclic amines) is 1. The average Bonchev–Trinajstić information content (AvgIpc) is 2.31. The number of alkyl halides is 2. The summed E-state index contributed by atoms with van der Waals surface area (Å²) in [5.74, 6) is 0. The summed E-state index contributed by atoms with van der Waals surface area (Å²) in [5, 5.41) is 9.69. The van der Waals surface area contributed by atoms with Crippen LogP contribution < -0.4 is 0 Å². The van der Waals surface area contributed by atoms with E-state index in [0.717, 1.165) is 6.42 Å². The van der Waals surface area contributed by atoms with Gasteiger partial charge in [-0.25, -0.2) is 8.78 Å². The van der Waals surface area contributed by atoms with Crippen LogP contribution in [0.15, 0.2) is 0 Å². The second kappa shape index (κ2) is 7.12. The lowest BCUT2D eigenvalue weighted by molar-refractivity contribution is 0.0402. The summed E-state index contributed by atoms with van der Waals surface area (Å²) in [6.45, 7) is 6.88. The highest BCUT2D eigenvalue weighted by atomic mass is 19.3. The van der Waals surface area contributed by atoms with E-state index < -0.39 is 12.0 Å². The first kappa shape index (κ1) is 14.8. The van der Waals surface area contributed by atoms with Gasteiger partial charge in [0.1, 0.15) is 0 Å². The van der Waals surface area contributed by atoms with Crippen molar-refractivity contribution in [3.05, 3.63) is 0 Å². The van der Waals surface area contributed by atoms with Crippen LogP contribution in [0, 0.1) is 0 Å². The van der Waals surface area contributed by atoms with E-state index in [1.54, 1.807) is 11.8 Å². The van der Waals surface area contributed by atoms with E-state index in [4.69, 9.17) is 0 Å². The van der Waals surface area contributed by atoms with Gasteiger partial charge >= 0.3 is 0 Å². The molecule has 2 nitrogen and oxygen atoms in total. The van der Waals surface area contributed by atoms with Crippen molar-refractivity contribution in [2.24, 2.45) is 0 Å². The third-order valence-corrected chi connectivity index (χ3v) is 2.55. The Balaban J connectivity index is 0.000000921. The summed E-state index contributed by atoms with van der Waals surface area (Å²) in [7, 11) is 0. The Hall–Kier alpha value is -0.220. The minimum atomic E-state index is -2.26. The highest BCUT2D eigenvalue weighted by Gasteiger charge is 2.25. The predicted octanol–water partition coefficient (Wildman–Crippen LogP) is 2.51. The summed E-state index contributed by atoms with van der Waals surface area (Å²) >= 11 is 0. The number of nitrogens with zero attached hydrogens (tertiary/aromatic N) is 1. The highest BCUT2D eigenvalue weighted by Crippen LogP contribution is 2.21. The van der Waals surface area contributed by atoms with Crippen LogP contribution in [-0.2, 0) is 0 Å². The van der Waals surface area contributed by atoms with Gasteiger partial charge in [-0.05, 0) is 32.7 Å². The van der Waals surface area contributed by atoms with Crippen LogP contribution in [0.1, 0.15) is 40.0 Å². The zero-order chi connectivity index (χ0) is 11.9. The Kier molecular flexibility index (Phi) is 7.02. The maximum atomic E-state index is 12.0. The molecular formula is C11H23F2NO. The van der Waals surface area contributed by atoms with Crippen LogP contribution in [0.3, 0.4) is 0 Å². The largest absolute Gasteiger partial charge is 0.390 e. The minimum absolute atomic E-state index is 0.157. The molecule has 1 rings (SSSR count). The summed E-state index contributed by atoms with van der Waals surface area (Å²) in [6.07, 6.45) is -0.144. The van der Waals surface area contributed by atoms with E-state index >= 15 is 0 Å². The molecule has 4 heteroatoms. The molecule has 0 spiro atoms. The predicted molar refractivity (Wildman–Crippen MR) is 58.3 cm³/mol. The Labute approximate surface area is 91.3 Å². The van der Waals surface area contributed by atoms with Gasteiger partial charge in [-0.1, -0.05) is 13.8 Å². The van der Waals surface area contributed by atoms with Crippen LogP contribution in [-0.4, -0.2) is 41.7 Å². The fourth-order valence-corrected chi connectivity index (χ4v) is 1.70. The Morgan fingerprint density at radius 3 is 2.40 bits per heavy atom. The number of aliphatic hydroxyl groups is 1. The molecule has 1 saturated heterocycles. The van der Waals surface area contributed by atoms with Gasteiger partial charge in [0.05, 0.1) is 12.1 Å². The maximum Gasteiger partial charge on any atom is 0.251 e. The van der Waals surface area contributed by atoms with E-state index in [-0.39, 0.29) is 6.54 Å². The normalized spacial score (nSPS) is 28.2. The van der Waals surface area contributed by atoms with E-state index in [2.05, 4.69) is 0 Å². The zero-order valence-electron chi connectivity index (χ0n) is 9.97. The smallest absolute Gasteiger partial charge is 0.251 e. The Morgan fingerprint density at radius 1 is 1.27 bits per heavy atom. The molecule has 1 atom stereocenters. The molecule has 0 amide bonds. The molecule has 0 bridgehead atoms. The third kappa shape index (κ3) is 6.79. The Morgan fingerprint density at radius 2 is 1.87 bits per heavy atom. The lowest BCUT2D eigenvalue weighted by Gasteiger charge is -2.21. The summed E-state index contributed by atoms with van der Waals surface area (Å²) < 4.78 is 24.1. The molecule has 0 aliphatic carbocycles. The number of rotatable bonds is 2. The van der Waals surface area contributed by atoms with Gasteiger partial charge in [-0.15, -0.1) is 0 Å². The summed E-state index contributed by atoms with van der Waals surface area (Å²) in [4.78, 5) is 1.73. The number of hydrogen-bond acceptors (Lipinski definition) is 2. The van der Waals surface area contributed by atoms with Gasteiger partial charge in [0.15, 0.2) is 0 Å². The van der Waals surface area contributed by atoms with Gasteiger partial charge in [0.25, 0.3) is 6.43 Å². The SMILES string of the molecule is CC.CC1(O)CCCN(CC(F)F)CC1. The van der Waals surface area contributed by atoms with Crippen LogP contribution in [0.2, 0.25) is 0 Å². The van der Waals surface area contributed by atoms with E-state index in [0.29, 0.717) is 25.9 Å². The van der Waals surface area contributed by atoms with Crippen molar-refractivity contribution < 1.29 is 13.9 Å². The standard InChI is InChI=1S/C9H17F2NO.C2H6/c1-9(13)3-2-5-12(6-4-9)7-8(10)11;1-2/h8,13H,2-7H2,1H3;1-2H3. The molecule has 92 valence electrons. The topological polar surface area (TPSA) is 23.5 Å². The average molecular weight is 223 g/mol. The van der Waals surface area contributed by atoms with Crippen molar-refractivity contribution in [1.82, 2.24) is 4.90 Å². The molecule has 0 aromatic carbocycles. The fourth-order valence-electron chi connectivity index (χ4n) is 1.70. The second-order valence-electron chi connectivity index (χ2n) is 4.04. The van der Waals surface area contributed by atoms with Crippen molar-refractivity contribution in [3.8, 4) is 0 Å². The molecule has 1 aliphatic rings. The summed E-state index contributed by atoms with van der Waals surface area (Å²) in [5.41, 5.74) is -0.656. The quantitative estimate of drug-likeness (QED) is 0.777.